The first kappa shape index (κ1) is 28.9. The molecule has 0 aliphatic carbocycles. The van der Waals surface area contributed by atoms with Crippen molar-refractivity contribution in [1.29, 1.82) is 0 Å². The third-order valence-corrected chi connectivity index (χ3v) is 8.33. The Morgan fingerprint density at radius 3 is 2.46 bits per heavy atom. The van der Waals surface area contributed by atoms with Gasteiger partial charge in [-0.15, -0.1) is 0 Å². The first-order chi connectivity index (χ1) is 19.9. The van der Waals surface area contributed by atoms with Crippen LogP contribution in [0.4, 0.5) is 0 Å². The number of likely N-dealkylation sites (tertiary alicyclic amines) is 1. The average molecular weight is 571 g/mol. The Kier molecular flexibility index (Phi) is 9.42. The minimum atomic E-state index is -0.298. The van der Waals surface area contributed by atoms with Gasteiger partial charge in [-0.05, 0) is 61.2 Å². The summed E-state index contributed by atoms with van der Waals surface area (Å²) >= 11 is 6.25. The van der Waals surface area contributed by atoms with Crippen molar-refractivity contribution in [2.75, 3.05) is 26.7 Å². The lowest BCUT2D eigenvalue weighted by molar-refractivity contribution is -0.135. The fourth-order valence-corrected chi connectivity index (χ4v) is 5.82. The molecule has 0 N–H and O–H groups in total. The number of ether oxygens (including phenoxy) is 1. The van der Waals surface area contributed by atoms with E-state index in [1.54, 1.807) is 0 Å². The van der Waals surface area contributed by atoms with Gasteiger partial charge in [0, 0.05) is 55.3 Å². The van der Waals surface area contributed by atoms with E-state index >= 15 is 0 Å². The lowest BCUT2D eigenvalue weighted by atomic mass is 9.77. The Morgan fingerprint density at radius 2 is 1.73 bits per heavy atom. The van der Waals surface area contributed by atoms with Gasteiger partial charge in [0.25, 0.3) is 0 Å². The van der Waals surface area contributed by atoms with Gasteiger partial charge in [-0.1, -0.05) is 72.3 Å². The van der Waals surface area contributed by atoms with E-state index in [4.69, 9.17) is 16.3 Å². The fourth-order valence-electron chi connectivity index (χ4n) is 5.71. The number of amides is 1. The molecule has 0 spiro atoms. The van der Waals surface area contributed by atoms with Crippen molar-refractivity contribution in [2.24, 2.45) is 5.41 Å². The van der Waals surface area contributed by atoms with Gasteiger partial charge in [0.1, 0.15) is 5.75 Å². The minimum absolute atomic E-state index is 0.141. The molecule has 6 nitrogen and oxygen atoms in total. The largest absolute Gasteiger partial charge is 0.493 e. The van der Waals surface area contributed by atoms with Crippen molar-refractivity contribution >= 4 is 17.5 Å². The monoisotopic (exact) mass is 570 g/mol. The molecule has 3 aromatic carbocycles. The maximum absolute atomic E-state index is 13.6. The number of carbonyl (C=O) groups is 1. The molecule has 4 aromatic rings. The second-order valence-corrected chi connectivity index (χ2v) is 11.9. The summed E-state index contributed by atoms with van der Waals surface area (Å²) < 4.78 is 8.38. The average Bonchev–Trinajstić information content (AvgIpc) is 3.41. The Balaban J connectivity index is 1.28. The number of carbonyl (C=O) groups excluding carboxylic acids is 1. The molecule has 7 heteroatoms. The van der Waals surface area contributed by atoms with Crippen LogP contribution in [0.15, 0.2) is 91.3 Å². The van der Waals surface area contributed by atoms with Crippen LogP contribution in [0, 0.1) is 12.3 Å². The summed E-state index contributed by atoms with van der Waals surface area (Å²) in [5, 5.41) is 5.33. The molecule has 1 aliphatic heterocycles. The highest BCUT2D eigenvalue weighted by molar-refractivity contribution is 6.31. The van der Waals surface area contributed by atoms with E-state index in [2.05, 4.69) is 52.6 Å². The molecular formula is C34H39ClN4O2. The molecule has 1 atom stereocenters. The highest BCUT2D eigenvalue weighted by Gasteiger charge is 2.39. The van der Waals surface area contributed by atoms with Crippen molar-refractivity contribution in [3.8, 4) is 5.75 Å². The third kappa shape index (κ3) is 7.99. The molecule has 214 valence electrons. The number of rotatable bonds is 11. The zero-order valence-corrected chi connectivity index (χ0v) is 24.8. The molecule has 2 heterocycles. The molecule has 0 bridgehead atoms. The molecule has 1 unspecified atom stereocenters. The Hall–Kier alpha value is -3.61. The predicted octanol–water partition coefficient (Wildman–Crippen LogP) is 6.60. The number of aryl methyl sites for hydroxylation is 1. The maximum atomic E-state index is 13.6. The molecular weight excluding hydrogens is 532 g/mol. The molecule has 1 aromatic heterocycles. The highest BCUT2D eigenvalue weighted by atomic mass is 35.5. The summed E-state index contributed by atoms with van der Waals surface area (Å²) in [6.45, 7) is 6.37. The predicted molar refractivity (Wildman–Crippen MR) is 164 cm³/mol. The van der Waals surface area contributed by atoms with Crippen molar-refractivity contribution in [1.82, 2.24) is 19.6 Å². The molecule has 0 saturated carbocycles. The van der Waals surface area contributed by atoms with Gasteiger partial charge >= 0.3 is 0 Å². The fraction of sp³-hybridized carbons (Fsp3) is 0.353. The second-order valence-electron chi connectivity index (χ2n) is 11.5. The van der Waals surface area contributed by atoms with Gasteiger partial charge in [0.05, 0.1) is 19.3 Å². The van der Waals surface area contributed by atoms with Gasteiger partial charge in [0.15, 0.2) is 0 Å². The lowest BCUT2D eigenvalue weighted by Gasteiger charge is -2.43. The van der Waals surface area contributed by atoms with E-state index in [0.717, 1.165) is 60.9 Å². The number of nitrogens with zero attached hydrogens (tertiary/aromatic N) is 4. The van der Waals surface area contributed by atoms with Gasteiger partial charge in [0.2, 0.25) is 5.91 Å². The minimum Gasteiger partial charge on any atom is -0.493 e. The Morgan fingerprint density at radius 1 is 1.00 bits per heavy atom. The van der Waals surface area contributed by atoms with E-state index in [9.17, 15) is 4.79 Å². The summed E-state index contributed by atoms with van der Waals surface area (Å²) in [5.74, 6) is 0.929. The van der Waals surface area contributed by atoms with E-state index in [1.807, 2.05) is 72.2 Å². The van der Waals surface area contributed by atoms with Gasteiger partial charge in [-0.3, -0.25) is 14.4 Å². The third-order valence-electron chi connectivity index (χ3n) is 7.91. The van der Waals surface area contributed by atoms with Gasteiger partial charge in [-0.2, -0.15) is 5.10 Å². The van der Waals surface area contributed by atoms with E-state index in [0.29, 0.717) is 19.6 Å². The zero-order chi connectivity index (χ0) is 28.7. The molecule has 41 heavy (non-hydrogen) atoms. The van der Waals surface area contributed by atoms with Crippen molar-refractivity contribution < 1.29 is 9.53 Å². The normalized spacial score (nSPS) is 17.3. The van der Waals surface area contributed by atoms with Crippen LogP contribution < -0.4 is 4.74 Å². The first-order valence-corrected chi connectivity index (χ1v) is 14.7. The van der Waals surface area contributed by atoms with E-state index in [1.165, 1.54) is 11.1 Å². The van der Waals surface area contributed by atoms with E-state index < -0.39 is 0 Å². The van der Waals surface area contributed by atoms with Crippen molar-refractivity contribution in [3.63, 3.8) is 0 Å². The van der Waals surface area contributed by atoms with Crippen LogP contribution in [-0.2, 0) is 24.4 Å². The van der Waals surface area contributed by atoms with Crippen LogP contribution in [0.2, 0.25) is 5.02 Å². The molecule has 1 saturated heterocycles. The molecule has 1 aliphatic rings. The van der Waals surface area contributed by atoms with Crippen molar-refractivity contribution in [3.05, 3.63) is 119 Å². The molecule has 1 amide bonds. The SMILES string of the molecule is Cc1cc(OCC2(CC(=O)N(C)Cc3ccccc3)CCCN(Cc3cnn(Cc4ccccc4)c3)C2)ccc1Cl. The van der Waals surface area contributed by atoms with Crippen LogP contribution in [0.5, 0.6) is 5.75 Å². The molecule has 1 fully saturated rings. The number of piperidine rings is 1. The van der Waals surface area contributed by atoms with Crippen LogP contribution in [-0.4, -0.2) is 52.2 Å². The first-order valence-electron chi connectivity index (χ1n) is 14.3. The number of benzene rings is 3. The van der Waals surface area contributed by atoms with E-state index in [-0.39, 0.29) is 11.3 Å². The molecule has 0 radical (unpaired) electrons. The van der Waals surface area contributed by atoms with Crippen LogP contribution in [0.3, 0.4) is 0 Å². The number of hydrogen-bond acceptors (Lipinski definition) is 4. The Labute approximate surface area is 248 Å². The second kappa shape index (κ2) is 13.4. The number of aromatic nitrogens is 2. The summed E-state index contributed by atoms with van der Waals surface area (Å²) in [6, 6.07) is 26.3. The summed E-state index contributed by atoms with van der Waals surface area (Å²) in [5.41, 5.74) is 4.22. The van der Waals surface area contributed by atoms with Crippen LogP contribution in [0.1, 0.15) is 41.5 Å². The number of halogens is 1. The topological polar surface area (TPSA) is 50.6 Å². The Bertz CT molecular complexity index is 1430. The maximum Gasteiger partial charge on any atom is 0.223 e. The van der Waals surface area contributed by atoms with Gasteiger partial charge in [-0.25, -0.2) is 0 Å². The zero-order valence-electron chi connectivity index (χ0n) is 24.0. The summed E-state index contributed by atoms with van der Waals surface area (Å²) in [7, 11) is 1.90. The van der Waals surface area contributed by atoms with Crippen LogP contribution in [0.25, 0.3) is 0 Å². The van der Waals surface area contributed by atoms with Crippen molar-refractivity contribution in [2.45, 2.75) is 45.8 Å². The smallest absolute Gasteiger partial charge is 0.223 e. The summed E-state index contributed by atoms with van der Waals surface area (Å²) in [6.07, 6.45) is 6.48. The lowest BCUT2D eigenvalue weighted by Crippen LogP contribution is -2.48. The summed E-state index contributed by atoms with van der Waals surface area (Å²) in [4.78, 5) is 17.9. The standard InChI is InChI=1S/C34H39ClN4O2/c1-27-18-31(14-15-32(27)35)41-26-34(19-33(40)37(2)21-28-10-5-3-6-11-28)16-9-17-38(25-34)22-30-20-36-39(24-30)23-29-12-7-4-8-13-29/h3-8,10-15,18,20,24H,9,16-17,19,21-23,25-26H2,1-2H3. The van der Waals surface area contributed by atoms with Crippen LogP contribution >= 0.6 is 11.6 Å². The molecule has 5 rings (SSSR count). The van der Waals surface area contributed by atoms with Gasteiger partial charge < -0.3 is 9.64 Å². The highest BCUT2D eigenvalue weighted by Crippen LogP contribution is 2.36. The number of hydrogen-bond donors (Lipinski definition) is 0. The quantitative estimate of drug-likeness (QED) is 0.204.